The zero-order valence-electron chi connectivity index (χ0n) is 8.95. The molecule has 1 amide bonds. The fraction of sp³-hybridized carbons (Fsp3) is 0. The van der Waals surface area contributed by atoms with Crippen molar-refractivity contribution in [2.45, 2.75) is 0 Å². The van der Waals surface area contributed by atoms with Crippen molar-refractivity contribution >= 4 is 29.2 Å². The first kappa shape index (κ1) is 12.0. The largest absolute Gasteiger partial charge is 0.478 e. The first-order valence-corrected chi connectivity index (χ1v) is 5.56. The number of hydrogen-bond acceptors (Lipinski definition) is 6. The van der Waals surface area contributed by atoms with Gasteiger partial charge >= 0.3 is 5.97 Å². The highest BCUT2D eigenvalue weighted by molar-refractivity contribution is 7.17. The molecular formula is C10H8N4O3S. The van der Waals surface area contributed by atoms with Crippen LogP contribution >= 0.6 is 11.3 Å². The molecule has 0 bridgehead atoms. The van der Waals surface area contributed by atoms with Crippen LogP contribution in [0.4, 0.5) is 5.95 Å². The highest BCUT2D eigenvalue weighted by atomic mass is 32.1. The number of anilines is 1. The minimum atomic E-state index is -1.21. The maximum atomic E-state index is 11.1. The molecule has 18 heavy (non-hydrogen) atoms. The molecule has 0 saturated carbocycles. The number of rotatable bonds is 3. The molecule has 0 aromatic carbocycles. The SMILES string of the molecule is NC(=O)c1sc(-c2ccnc(N)n2)cc1C(=O)O. The van der Waals surface area contributed by atoms with Gasteiger partial charge in [0.25, 0.3) is 5.91 Å². The van der Waals surface area contributed by atoms with E-state index in [1.807, 2.05) is 0 Å². The van der Waals surface area contributed by atoms with Crippen LogP contribution in [0.1, 0.15) is 20.0 Å². The highest BCUT2D eigenvalue weighted by Crippen LogP contribution is 2.30. The molecule has 2 heterocycles. The van der Waals surface area contributed by atoms with Crippen LogP contribution in [0.2, 0.25) is 0 Å². The third-order valence-corrected chi connectivity index (χ3v) is 3.29. The van der Waals surface area contributed by atoms with Crippen molar-refractivity contribution in [2.24, 2.45) is 5.73 Å². The third-order valence-electron chi connectivity index (χ3n) is 2.11. The van der Waals surface area contributed by atoms with Crippen LogP contribution in [0.3, 0.4) is 0 Å². The Kier molecular flexibility index (Phi) is 2.94. The van der Waals surface area contributed by atoms with Gasteiger partial charge in [0.15, 0.2) is 0 Å². The van der Waals surface area contributed by atoms with Gasteiger partial charge in [-0.25, -0.2) is 14.8 Å². The molecule has 0 spiro atoms. The smallest absolute Gasteiger partial charge is 0.337 e. The van der Waals surface area contributed by atoms with E-state index in [4.69, 9.17) is 16.6 Å². The van der Waals surface area contributed by atoms with E-state index in [2.05, 4.69) is 9.97 Å². The highest BCUT2D eigenvalue weighted by Gasteiger charge is 2.20. The second-order valence-electron chi connectivity index (χ2n) is 3.32. The summed E-state index contributed by atoms with van der Waals surface area (Å²) in [7, 11) is 0. The van der Waals surface area contributed by atoms with E-state index < -0.39 is 11.9 Å². The zero-order valence-corrected chi connectivity index (χ0v) is 9.77. The molecule has 0 aliphatic rings. The van der Waals surface area contributed by atoms with Gasteiger partial charge < -0.3 is 16.6 Å². The average molecular weight is 264 g/mol. The number of primary amides is 1. The Morgan fingerprint density at radius 2 is 2.11 bits per heavy atom. The lowest BCUT2D eigenvalue weighted by atomic mass is 10.2. The second kappa shape index (κ2) is 4.41. The monoisotopic (exact) mass is 264 g/mol. The Morgan fingerprint density at radius 3 is 2.61 bits per heavy atom. The standard InChI is InChI=1S/C10H8N4O3S/c11-8(15)7-4(9(16)17)3-6(18-7)5-1-2-13-10(12)14-5/h1-3H,(H2,11,15)(H,16,17)(H2,12,13,14). The number of carboxylic acids is 1. The predicted octanol–water partition coefficient (Wildman–Crippen LogP) is 0.584. The van der Waals surface area contributed by atoms with Crippen molar-refractivity contribution in [2.75, 3.05) is 5.73 Å². The average Bonchev–Trinajstić information content (AvgIpc) is 2.73. The van der Waals surface area contributed by atoms with E-state index in [0.29, 0.717) is 10.6 Å². The summed E-state index contributed by atoms with van der Waals surface area (Å²) in [5, 5.41) is 8.97. The van der Waals surface area contributed by atoms with Crippen molar-refractivity contribution in [1.82, 2.24) is 9.97 Å². The molecule has 8 heteroatoms. The van der Waals surface area contributed by atoms with Gasteiger partial charge in [-0.1, -0.05) is 0 Å². The minimum absolute atomic E-state index is 0.0188. The van der Waals surface area contributed by atoms with Gasteiger partial charge in [-0.3, -0.25) is 4.79 Å². The van der Waals surface area contributed by atoms with Gasteiger partial charge in [-0.2, -0.15) is 0 Å². The van der Waals surface area contributed by atoms with Gasteiger partial charge in [0.05, 0.1) is 16.1 Å². The lowest BCUT2D eigenvalue weighted by molar-refractivity contribution is 0.0693. The molecule has 5 N–H and O–H groups in total. The molecule has 2 aromatic rings. The Morgan fingerprint density at radius 1 is 1.39 bits per heavy atom. The molecular weight excluding hydrogens is 256 g/mol. The first-order valence-electron chi connectivity index (χ1n) is 4.75. The number of aromatic carboxylic acids is 1. The molecule has 0 fully saturated rings. The normalized spacial score (nSPS) is 10.2. The lowest BCUT2D eigenvalue weighted by Gasteiger charge is -1.96. The van der Waals surface area contributed by atoms with Crippen LogP contribution in [-0.4, -0.2) is 27.0 Å². The molecule has 0 radical (unpaired) electrons. The van der Waals surface area contributed by atoms with Gasteiger partial charge in [-0.15, -0.1) is 11.3 Å². The summed E-state index contributed by atoms with van der Waals surface area (Å²) in [6.45, 7) is 0. The van der Waals surface area contributed by atoms with Gasteiger partial charge in [0.1, 0.15) is 4.88 Å². The maximum Gasteiger partial charge on any atom is 0.337 e. The number of nitrogens with two attached hydrogens (primary N) is 2. The van der Waals surface area contributed by atoms with Gasteiger partial charge in [-0.05, 0) is 12.1 Å². The van der Waals surface area contributed by atoms with E-state index in [1.165, 1.54) is 12.3 Å². The molecule has 2 rings (SSSR count). The lowest BCUT2D eigenvalue weighted by Crippen LogP contribution is -2.13. The van der Waals surface area contributed by atoms with Crippen LogP contribution in [0.15, 0.2) is 18.3 Å². The van der Waals surface area contributed by atoms with Crippen molar-refractivity contribution in [3.8, 4) is 10.6 Å². The summed E-state index contributed by atoms with van der Waals surface area (Å²) in [5.41, 5.74) is 10.9. The number of hydrogen-bond donors (Lipinski definition) is 3. The summed E-state index contributed by atoms with van der Waals surface area (Å²) < 4.78 is 0. The summed E-state index contributed by atoms with van der Waals surface area (Å²) in [6.07, 6.45) is 1.45. The van der Waals surface area contributed by atoms with Crippen LogP contribution in [0, 0.1) is 0 Å². The summed E-state index contributed by atoms with van der Waals surface area (Å²) in [4.78, 5) is 30.3. The molecule has 7 nitrogen and oxygen atoms in total. The van der Waals surface area contributed by atoms with Crippen LogP contribution in [0.25, 0.3) is 10.6 Å². The number of carbonyl (C=O) groups excluding carboxylic acids is 1. The molecule has 0 unspecified atom stereocenters. The Labute approximate surface area is 105 Å². The number of nitrogen functional groups attached to an aromatic ring is 1. The zero-order chi connectivity index (χ0) is 13.3. The number of carbonyl (C=O) groups is 2. The van der Waals surface area contributed by atoms with Crippen molar-refractivity contribution in [3.05, 3.63) is 28.8 Å². The topological polar surface area (TPSA) is 132 Å². The van der Waals surface area contributed by atoms with E-state index in [1.54, 1.807) is 6.07 Å². The Hall–Kier alpha value is -2.48. The fourth-order valence-electron chi connectivity index (χ4n) is 1.37. The van der Waals surface area contributed by atoms with Gasteiger partial charge in [0.2, 0.25) is 5.95 Å². The van der Waals surface area contributed by atoms with E-state index in [9.17, 15) is 9.59 Å². The van der Waals surface area contributed by atoms with Crippen molar-refractivity contribution < 1.29 is 14.7 Å². The molecule has 0 saturated heterocycles. The molecule has 0 atom stereocenters. The summed E-state index contributed by atoms with van der Waals surface area (Å²) in [6, 6.07) is 2.91. The fourth-order valence-corrected chi connectivity index (χ4v) is 2.34. The van der Waals surface area contributed by atoms with E-state index >= 15 is 0 Å². The molecule has 0 aliphatic carbocycles. The Balaban J connectivity index is 2.57. The van der Waals surface area contributed by atoms with Crippen molar-refractivity contribution in [3.63, 3.8) is 0 Å². The second-order valence-corrected chi connectivity index (χ2v) is 4.38. The van der Waals surface area contributed by atoms with Crippen LogP contribution < -0.4 is 11.5 Å². The Bertz CT molecular complexity index is 606. The number of nitrogens with zero attached hydrogens (tertiary/aromatic N) is 2. The number of amides is 1. The number of aromatic nitrogens is 2. The van der Waals surface area contributed by atoms with Crippen LogP contribution in [-0.2, 0) is 0 Å². The molecule has 0 aliphatic heterocycles. The third kappa shape index (κ3) is 2.13. The summed E-state index contributed by atoms with van der Waals surface area (Å²) >= 11 is 0.957. The van der Waals surface area contributed by atoms with Crippen molar-refractivity contribution in [1.29, 1.82) is 0 Å². The quantitative estimate of drug-likeness (QED) is 0.742. The maximum absolute atomic E-state index is 11.1. The minimum Gasteiger partial charge on any atom is -0.478 e. The number of thiophene rings is 1. The van der Waals surface area contributed by atoms with E-state index in [-0.39, 0.29) is 16.4 Å². The number of carboxylic acid groups (broad SMARTS) is 1. The van der Waals surface area contributed by atoms with Crippen LogP contribution in [0.5, 0.6) is 0 Å². The van der Waals surface area contributed by atoms with E-state index in [0.717, 1.165) is 11.3 Å². The first-order chi connectivity index (χ1) is 8.49. The van der Waals surface area contributed by atoms with Gasteiger partial charge in [0, 0.05) is 6.20 Å². The molecule has 92 valence electrons. The summed E-state index contributed by atoms with van der Waals surface area (Å²) in [5.74, 6) is -1.93. The predicted molar refractivity (Wildman–Crippen MR) is 65.2 cm³/mol. The molecule has 2 aromatic heterocycles.